The summed E-state index contributed by atoms with van der Waals surface area (Å²) in [5, 5.41) is 0.118. The molecule has 2 heterocycles. The van der Waals surface area contributed by atoms with Gasteiger partial charge in [-0.2, -0.15) is 4.98 Å². The van der Waals surface area contributed by atoms with Crippen LogP contribution in [-0.4, -0.2) is 23.1 Å². The Hall–Kier alpha value is -3.12. The third-order valence-electron chi connectivity index (χ3n) is 5.26. The van der Waals surface area contributed by atoms with Crippen molar-refractivity contribution < 1.29 is 9.53 Å². The van der Waals surface area contributed by atoms with Gasteiger partial charge in [-0.05, 0) is 55.3 Å². The van der Waals surface area contributed by atoms with Crippen LogP contribution in [0.1, 0.15) is 37.1 Å². The lowest BCUT2D eigenvalue weighted by Gasteiger charge is -2.42. The van der Waals surface area contributed by atoms with Crippen LogP contribution in [0.4, 0.5) is 16.3 Å². The number of fused-ring (bicyclic) bond motifs is 1. The van der Waals surface area contributed by atoms with Crippen molar-refractivity contribution in [1.29, 1.82) is 0 Å². The second-order valence-corrected chi connectivity index (χ2v) is 7.24. The maximum Gasteiger partial charge on any atom is 0.331 e. The van der Waals surface area contributed by atoms with Crippen LogP contribution >= 0.6 is 11.6 Å². The molecule has 29 heavy (non-hydrogen) atoms. The van der Waals surface area contributed by atoms with Gasteiger partial charge in [0.1, 0.15) is 11.6 Å². The second kappa shape index (κ2) is 7.72. The molecular weight excluding hydrogens is 388 g/mol. The summed E-state index contributed by atoms with van der Waals surface area (Å²) in [6, 6.07) is 16.6. The number of halogens is 1. The zero-order valence-corrected chi connectivity index (χ0v) is 17.2. The molecule has 7 heteroatoms. The Bertz CT molecular complexity index is 1030. The van der Waals surface area contributed by atoms with Gasteiger partial charge in [0.25, 0.3) is 0 Å². The van der Waals surface area contributed by atoms with Crippen LogP contribution in [0.2, 0.25) is 5.28 Å². The van der Waals surface area contributed by atoms with E-state index in [1.54, 1.807) is 23.1 Å². The van der Waals surface area contributed by atoms with E-state index >= 15 is 0 Å². The van der Waals surface area contributed by atoms with Gasteiger partial charge in [0.2, 0.25) is 5.28 Å². The molecule has 2 atom stereocenters. The highest BCUT2D eigenvalue weighted by Crippen LogP contribution is 2.42. The van der Waals surface area contributed by atoms with Crippen LogP contribution in [0, 0.1) is 0 Å². The minimum Gasteiger partial charge on any atom is -0.497 e. The first kappa shape index (κ1) is 19.2. The van der Waals surface area contributed by atoms with Gasteiger partial charge in [-0.1, -0.05) is 30.3 Å². The summed E-state index contributed by atoms with van der Waals surface area (Å²) in [5.74, 6) is 1.28. The van der Waals surface area contributed by atoms with Gasteiger partial charge in [0, 0.05) is 17.4 Å². The number of amides is 2. The standard InChI is InChI=1S/C22H21ClN4O2/c1-14(16-7-5-4-6-8-16)27-20-19(13-24-21(23)25-20)15(2)26(22(27)28)17-9-11-18(29-3)12-10-17/h4-15H,1-3H3. The molecule has 1 aliphatic heterocycles. The Morgan fingerprint density at radius 1 is 1.10 bits per heavy atom. The van der Waals surface area contributed by atoms with Crippen LogP contribution in [0.25, 0.3) is 0 Å². The predicted molar refractivity (Wildman–Crippen MR) is 114 cm³/mol. The van der Waals surface area contributed by atoms with E-state index in [0.717, 1.165) is 22.6 Å². The van der Waals surface area contributed by atoms with E-state index in [1.165, 1.54) is 0 Å². The van der Waals surface area contributed by atoms with Crippen LogP contribution in [-0.2, 0) is 0 Å². The van der Waals surface area contributed by atoms with Gasteiger partial charge >= 0.3 is 6.03 Å². The number of carbonyl (C=O) groups is 1. The zero-order valence-electron chi connectivity index (χ0n) is 16.4. The van der Waals surface area contributed by atoms with Crippen molar-refractivity contribution in [2.45, 2.75) is 25.9 Å². The maximum absolute atomic E-state index is 13.7. The minimum atomic E-state index is -0.248. The highest BCUT2D eigenvalue weighted by Gasteiger charge is 2.40. The van der Waals surface area contributed by atoms with E-state index in [0.29, 0.717) is 5.82 Å². The highest BCUT2D eigenvalue weighted by molar-refractivity contribution is 6.28. The topological polar surface area (TPSA) is 58.6 Å². The smallest absolute Gasteiger partial charge is 0.331 e. The number of urea groups is 1. The molecule has 0 fully saturated rings. The molecular formula is C22H21ClN4O2. The first-order chi connectivity index (χ1) is 14.0. The second-order valence-electron chi connectivity index (χ2n) is 6.90. The fraction of sp³-hybridized carbons (Fsp3) is 0.227. The van der Waals surface area contributed by atoms with E-state index in [4.69, 9.17) is 16.3 Å². The summed E-state index contributed by atoms with van der Waals surface area (Å²) in [4.78, 5) is 25.7. The van der Waals surface area contributed by atoms with Gasteiger partial charge in [-0.15, -0.1) is 0 Å². The number of ether oxygens (including phenoxy) is 1. The lowest BCUT2D eigenvalue weighted by molar-refractivity contribution is 0.246. The SMILES string of the molecule is COc1ccc(N2C(=O)N(C(C)c3ccccc3)c3nc(Cl)ncc3C2C)cc1. The molecule has 0 aliphatic carbocycles. The molecule has 2 aromatic carbocycles. The van der Waals surface area contributed by atoms with Crippen molar-refractivity contribution in [2.75, 3.05) is 16.9 Å². The fourth-order valence-electron chi connectivity index (χ4n) is 3.67. The van der Waals surface area contributed by atoms with Crippen molar-refractivity contribution >= 4 is 29.1 Å². The predicted octanol–water partition coefficient (Wildman–Crippen LogP) is 5.41. The minimum absolute atomic E-state index is 0.118. The Kier molecular flexibility index (Phi) is 5.11. The summed E-state index contributed by atoms with van der Waals surface area (Å²) in [6.07, 6.45) is 1.70. The molecule has 0 N–H and O–H groups in total. The monoisotopic (exact) mass is 408 g/mol. The van der Waals surface area contributed by atoms with Gasteiger partial charge in [0.05, 0.1) is 19.2 Å². The Morgan fingerprint density at radius 2 is 1.79 bits per heavy atom. The molecule has 3 aromatic rings. The largest absolute Gasteiger partial charge is 0.497 e. The summed E-state index contributed by atoms with van der Waals surface area (Å²) < 4.78 is 5.25. The summed E-state index contributed by atoms with van der Waals surface area (Å²) in [7, 11) is 1.62. The third-order valence-corrected chi connectivity index (χ3v) is 5.45. The van der Waals surface area contributed by atoms with Crippen molar-refractivity contribution in [3.63, 3.8) is 0 Å². The van der Waals surface area contributed by atoms with Crippen molar-refractivity contribution in [3.05, 3.63) is 77.2 Å². The molecule has 2 amide bonds. The summed E-state index contributed by atoms with van der Waals surface area (Å²) >= 11 is 6.09. The van der Waals surface area contributed by atoms with Crippen molar-refractivity contribution in [1.82, 2.24) is 9.97 Å². The number of carbonyl (C=O) groups excluding carboxylic acids is 1. The Morgan fingerprint density at radius 3 is 2.45 bits per heavy atom. The molecule has 0 bridgehead atoms. The summed E-state index contributed by atoms with van der Waals surface area (Å²) in [6.45, 7) is 3.94. The van der Waals surface area contributed by atoms with E-state index in [2.05, 4.69) is 9.97 Å². The van der Waals surface area contributed by atoms with Crippen LogP contribution in [0.3, 0.4) is 0 Å². The quantitative estimate of drug-likeness (QED) is 0.542. The highest BCUT2D eigenvalue weighted by atomic mass is 35.5. The van der Waals surface area contributed by atoms with E-state index < -0.39 is 0 Å². The molecule has 0 saturated carbocycles. The fourth-order valence-corrected chi connectivity index (χ4v) is 3.80. The third kappa shape index (κ3) is 3.40. The number of hydrogen-bond donors (Lipinski definition) is 0. The number of nitrogens with zero attached hydrogens (tertiary/aromatic N) is 4. The average molecular weight is 409 g/mol. The molecule has 0 saturated heterocycles. The molecule has 6 nitrogen and oxygen atoms in total. The van der Waals surface area contributed by atoms with Gasteiger partial charge in [0.15, 0.2) is 0 Å². The lowest BCUT2D eigenvalue weighted by Crippen LogP contribution is -2.50. The molecule has 4 rings (SSSR count). The van der Waals surface area contributed by atoms with Crippen LogP contribution in [0.15, 0.2) is 60.8 Å². The van der Waals surface area contributed by atoms with Crippen LogP contribution < -0.4 is 14.5 Å². The molecule has 1 aromatic heterocycles. The molecule has 0 spiro atoms. The number of benzene rings is 2. The number of anilines is 2. The average Bonchev–Trinajstić information content (AvgIpc) is 2.74. The molecule has 148 valence electrons. The number of hydrogen-bond acceptors (Lipinski definition) is 4. The normalized spacial score (nSPS) is 17.1. The molecule has 1 aliphatic rings. The molecule has 2 unspecified atom stereocenters. The zero-order chi connectivity index (χ0) is 20.5. The van der Waals surface area contributed by atoms with E-state index in [1.807, 2.05) is 68.4 Å². The van der Waals surface area contributed by atoms with Gasteiger partial charge in [-0.25, -0.2) is 9.78 Å². The van der Waals surface area contributed by atoms with E-state index in [9.17, 15) is 4.79 Å². The first-order valence-electron chi connectivity index (χ1n) is 9.35. The number of rotatable bonds is 4. The Labute approximate surface area is 174 Å². The summed E-state index contributed by atoms with van der Waals surface area (Å²) in [5.41, 5.74) is 2.62. The maximum atomic E-state index is 13.7. The van der Waals surface area contributed by atoms with Gasteiger partial charge < -0.3 is 4.74 Å². The molecule has 0 radical (unpaired) electrons. The van der Waals surface area contributed by atoms with Gasteiger partial charge in [-0.3, -0.25) is 9.80 Å². The number of aromatic nitrogens is 2. The van der Waals surface area contributed by atoms with Crippen LogP contribution in [0.5, 0.6) is 5.75 Å². The van der Waals surface area contributed by atoms with E-state index in [-0.39, 0.29) is 23.4 Å². The first-order valence-corrected chi connectivity index (χ1v) is 9.73. The lowest BCUT2D eigenvalue weighted by atomic mass is 10.0. The Balaban J connectivity index is 1.84. The number of methoxy groups -OCH3 is 1. The van der Waals surface area contributed by atoms with Crippen molar-refractivity contribution in [2.24, 2.45) is 0 Å². The van der Waals surface area contributed by atoms with Crippen molar-refractivity contribution in [3.8, 4) is 5.75 Å².